The van der Waals surface area contributed by atoms with Gasteiger partial charge < -0.3 is 14.8 Å². The molecule has 0 aliphatic heterocycles. The Hall–Kier alpha value is -2.22. The van der Waals surface area contributed by atoms with Crippen LogP contribution in [0.15, 0.2) is 30.3 Å². The Kier molecular flexibility index (Phi) is 8.98. The number of nitrogens with one attached hydrogen (secondary N) is 2. The van der Waals surface area contributed by atoms with Crippen LogP contribution in [0.25, 0.3) is 0 Å². The zero-order valence-corrected chi connectivity index (χ0v) is 16.4. The molecule has 1 atom stereocenters. The minimum atomic E-state index is -0.887. The zero-order chi connectivity index (χ0) is 19.6. The molecule has 8 heteroatoms. The van der Waals surface area contributed by atoms with Crippen LogP contribution in [0.5, 0.6) is 0 Å². The second kappa shape index (κ2) is 10.7. The maximum atomic E-state index is 12.3. The monoisotopic (exact) mass is 382 g/mol. The molecule has 26 heavy (non-hydrogen) atoms. The van der Waals surface area contributed by atoms with Gasteiger partial charge in [-0.3, -0.25) is 10.1 Å². The summed E-state index contributed by atoms with van der Waals surface area (Å²) in [5, 5.41) is 4.64. The lowest BCUT2D eigenvalue weighted by Crippen LogP contribution is -2.50. The number of benzene rings is 1. The first-order chi connectivity index (χ1) is 12.2. The number of hydrogen-bond donors (Lipinski definition) is 2. The van der Waals surface area contributed by atoms with Crippen LogP contribution in [-0.2, 0) is 20.9 Å². The topological polar surface area (TPSA) is 93.7 Å². The van der Waals surface area contributed by atoms with Crippen LogP contribution in [0.1, 0.15) is 32.8 Å². The summed E-state index contributed by atoms with van der Waals surface area (Å²) in [6.07, 6.45) is 0.671. The van der Waals surface area contributed by atoms with Crippen LogP contribution >= 0.6 is 11.8 Å². The average molecular weight is 382 g/mol. The molecule has 7 nitrogen and oxygen atoms in total. The molecule has 144 valence electrons. The van der Waals surface area contributed by atoms with Gasteiger partial charge in [-0.15, -0.1) is 0 Å². The molecular formula is C18H26N2O5S. The van der Waals surface area contributed by atoms with E-state index in [0.29, 0.717) is 12.2 Å². The third-order valence-electron chi connectivity index (χ3n) is 3.06. The highest BCUT2D eigenvalue weighted by Gasteiger charge is 2.25. The highest BCUT2D eigenvalue weighted by molar-refractivity contribution is 7.98. The van der Waals surface area contributed by atoms with Gasteiger partial charge >= 0.3 is 12.2 Å². The lowest BCUT2D eigenvalue weighted by Gasteiger charge is -2.23. The average Bonchev–Trinajstić information content (AvgIpc) is 2.56. The number of carbonyl (C=O) groups is 3. The van der Waals surface area contributed by atoms with Gasteiger partial charge in [0, 0.05) is 0 Å². The Bertz CT molecular complexity index is 601. The third kappa shape index (κ3) is 9.31. The minimum Gasteiger partial charge on any atom is -0.444 e. The van der Waals surface area contributed by atoms with Crippen molar-refractivity contribution in [1.29, 1.82) is 0 Å². The number of ether oxygens (including phenoxy) is 2. The lowest BCUT2D eigenvalue weighted by atomic mass is 10.2. The Morgan fingerprint density at radius 3 is 2.35 bits per heavy atom. The normalized spacial score (nSPS) is 12.0. The Morgan fingerprint density at radius 2 is 1.77 bits per heavy atom. The Labute approximate surface area is 158 Å². The van der Waals surface area contributed by atoms with Crippen LogP contribution in [0.2, 0.25) is 0 Å². The van der Waals surface area contributed by atoms with E-state index in [9.17, 15) is 14.4 Å². The van der Waals surface area contributed by atoms with Gasteiger partial charge in [0.25, 0.3) is 5.91 Å². The van der Waals surface area contributed by atoms with E-state index in [4.69, 9.17) is 9.47 Å². The van der Waals surface area contributed by atoms with Gasteiger partial charge in [-0.25, -0.2) is 9.59 Å². The van der Waals surface area contributed by atoms with Gasteiger partial charge in [0.2, 0.25) is 0 Å². The molecule has 0 aliphatic carbocycles. The van der Waals surface area contributed by atoms with Crippen molar-refractivity contribution in [2.75, 3.05) is 12.0 Å². The van der Waals surface area contributed by atoms with Gasteiger partial charge in [0.15, 0.2) is 0 Å². The van der Waals surface area contributed by atoms with Crippen molar-refractivity contribution in [3.63, 3.8) is 0 Å². The number of thioether (sulfide) groups is 1. The van der Waals surface area contributed by atoms with Crippen LogP contribution < -0.4 is 10.6 Å². The SMILES string of the molecule is CSCCC(NC(=O)OC(C)(C)C)C(=O)NC(=O)OCc1ccccc1. The molecule has 1 unspecified atom stereocenters. The molecule has 0 aromatic heterocycles. The van der Waals surface area contributed by atoms with E-state index in [1.54, 1.807) is 32.9 Å². The van der Waals surface area contributed by atoms with Gasteiger partial charge in [-0.2, -0.15) is 11.8 Å². The highest BCUT2D eigenvalue weighted by Crippen LogP contribution is 2.08. The van der Waals surface area contributed by atoms with E-state index in [-0.39, 0.29) is 6.61 Å². The molecule has 1 rings (SSSR count). The second-order valence-electron chi connectivity index (χ2n) is 6.53. The van der Waals surface area contributed by atoms with E-state index < -0.39 is 29.7 Å². The van der Waals surface area contributed by atoms with Crippen LogP contribution in [0.3, 0.4) is 0 Å². The smallest absolute Gasteiger partial charge is 0.414 e. The molecule has 0 radical (unpaired) electrons. The van der Waals surface area contributed by atoms with Crippen molar-refractivity contribution in [1.82, 2.24) is 10.6 Å². The highest BCUT2D eigenvalue weighted by atomic mass is 32.2. The van der Waals surface area contributed by atoms with E-state index in [2.05, 4.69) is 10.6 Å². The molecule has 2 N–H and O–H groups in total. The molecule has 1 aromatic carbocycles. The fraction of sp³-hybridized carbons (Fsp3) is 0.500. The maximum absolute atomic E-state index is 12.3. The molecule has 1 aromatic rings. The molecule has 0 bridgehead atoms. The second-order valence-corrected chi connectivity index (χ2v) is 7.52. The summed E-state index contributed by atoms with van der Waals surface area (Å²) in [7, 11) is 0. The van der Waals surface area contributed by atoms with Crippen LogP contribution in [0.4, 0.5) is 9.59 Å². The first-order valence-corrected chi connectivity index (χ1v) is 9.60. The summed E-state index contributed by atoms with van der Waals surface area (Å²) in [6.45, 7) is 5.23. The lowest BCUT2D eigenvalue weighted by molar-refractivity contribution is -0.122. The van der Waals surface area contributed by atoms with Gasteiger partial charge in [0.1, 0.15) is 18.2 Å². The third-order valence-corrected chi connectivity index (χ3v) is 3.70. The quantitative estimate of drug-likeness (QED) is 0.753. The van der Waals surface area contributed by atoms with E-state index in [1.807, 2.05) is 24.5 Å². The first-order valence-electron chi connectivity index (χ1n) is 8.21. The fourth-order valence-electron chi connectivity index (χ4n) is 1.90. The molecule has 0 spiro atoms. The molecule has 0 saturated heterocycles. The number of carbonyl (C=O) groups excluding carboxylic acids is 3. The molecule has 0 heterocycles. The zero-order valence-electron chi connectivity index (χ0n) is 15.5. The van der Waals surface area contributed by atoms with Gasteiger partial charge in [0.05, 0.1) is 0 Å². The Morgan fingerprint density at radius 1 is 1.12 bits per heavy atom. The number of alkyl carbamates (subject to hydrolysis) is 2. The van der Waals surface area contributed by atoms with Crippen molar-refractivity contribution in [2.45, 2.75) is 45.4 Å². The minimum absolute atomic E-state index is 0.0505. The summed E-state index contributed by atoms with van der Waals surface area (Å²) in [4.78, 5) is 36.0. The van der Waals surface area contributed by atoms with Crippen molar-refractivity contribution < 1.29 is 23.9 Å². The number of amides is 3. The fourth-order valence-corrected chi connectivity index (χ4v) is 2.37. The summed E-state index contributed by atoms with van der Waals surface area (Å²) in [5.74, 6) is -0.00425. The Balaban J connectivity index is 2.55. The van der Waals surface area contributed by atoms with Crippen molar-refractivity contribution in [3.05, 3.63) is 35.9 Å². The molecule has 3 amide bonds. The van der Waals surface area contributed by atoms with Crippen LogP contribution in [0, 0.1) is 0 Å². The van der Waals surface area contributed by atoms with Crippen molar-refractivity contribution in [2.24, 2.45) is 0 Å². The van der Waals surface area contributed by atoms with Gasteiger partial charge in [-0.1, -0.05) is 30.3 Å². The summed E-state index contributed by atoms with van der Waals surface area (Å²) in [6, 6.07) is 8.23. The predicted molar refractivity (Wildman–Crippen MR) is 101 cm³/mol. The standard InChI is InChI=1S/C18H26N2O5S/c1-18(2,3)25-17(23)19-14(10-11-26-4)15(21)20-16(22)24-12-13-8-6-5-7-9-13/h5-9,14H,10-12H2,1-4H3,(H,19,23)(H,20,21,22). The van der Waals surface area contributed by atoms with Crippen molar-refractivity contribution in [3.8, 4) is 0 Å². The van der Waals surface area contributed by atoms with E-state index >= 15 is 0 Å². The number of rotatable bonds is 7. The molecule has 0 fully saturated rings. The largest absolute Gasteiger partial charge is 0.444 e. The summed E-state index contributed by atoms with van der Waals surface area (Å²) < 4.78 is 10.2. The maximum Gasteiger partial charge on any atom is 0.414 e. The molecule has 0 saturated carbocycles. The van der Waals surface area contributed by atoms with Crippen molar-refractivity contribution >= 4 is 29.9 Å². The summed E-state index contributed by atoms with van der Waals surface area (Å²) >= 11 is 1.53. The van der Waals surface area contributed by atoms with E-state index in [0.717, 1.165) is 5.56 Å². The van der Waals surface area contributed by atoms with Crippen LogP contribution in [-0.4, -0.2) is 41.7 Å². The van der Waals surface area contributed by atoms with Gasteiger partial charge in [-0.05, 0) is 44.8 Å². The van der Waals surface area contributed by atoms with E-state index in [1.165, 1.54) is 11.8 Å². The molecular weight excluding hydrogens is 356 g/mol. The first kappa shape index (κ1) is 21.8. The molecule has 0 aliphatic rings. The number of hydrogen-bond acceptors (Lipinski definition) is 6. The predicted octanol–water partition coefficient (Wildman–Crippen LogP) is 3.09. The number of imide groups is 1. The summed E-state index contributed by atoms with van der Waals surface area (Å²) in [5.41, 5.74) is 0.125.